The lowest BCUT2D eigenvalue weighted by atomic mass is 9.43. The lowest BCUT2D eigenvalue weighted by Crippen LogP contribution is -2.59. The predicted molar refractivity (Wildman–Crippen MR) is 196 cm³/mol. The van der Waals surface area contributed by atoms with Crippen molar-refractivity contribution >= 4 is 10.4 Å². The summed E-state index contributed by atoms with van der Waals surface area (Å²) in [4.78, 5) is 0. The van der Waals surface area contributed by atoms with Crippen molar-refractivity contribution in [3.8, 4) is 0 Å². The standard InChI is InChI=1S/C38H74N4O5S/c1-6-27(2)35(47-48(44,45)46)14-11-28(3)31-12-13-32-36-33(16-18-38(31,32)5)37(4)17-15-30(25-29(37)26-34(36)43)42-24-10-23-41-21-8-7-20-40-22-9-19-39/h27-36,40-43H,6-26,39H2,1-5H3,(H,44,45,46)/t27?,28-,29-,30+,31?,32?,33?,34-,35-,36?,37+,38-/m1/s1. The molecule has 12 atom stereocenters. The van der Waals surface area contributed by atoms with Gasteiger partial charge in [-0.25, -0.2) is 4.18 Å². The van der Waals surface area contributed by atoms with Gasteiger partial charge in [0.15, 0.2) is 0 Å². The molecule has 0 aromatic rings. The minimum atomic E-state index is -4.47. The summed E-state index contributed by atoms with van der Waals surface area (Å²) >= 11 is 0. The second kappa shape index (κ2) is 18.4. The predicted octanol–water partition coefficient (Wildman–Crippen LogP) is 5.92. The number of rotatable bonds is 21. The molecule has 0 heterocycles. The second-order valence-corrected chi connectivity index (χ2v) is 18.2. The minimum Gasteiger partial charge on any atom is -0.393 e. The normalized spacial score (nSPS) is 37.0. The van der Waals surface area contributed by atoms with E-state index < -0.39 is 16.5 Å². The lowest BCUT2D eigenvalue weighted by molar-refractivity contribution is -0.167. The topological polar surface area (TPSA) is 146 Å². The molecule has 4 aliphatic carbocycles. The van der Waals surface area contributed by atoms with Gasteiger partial charge in [0.05, 0.1) is 12.2 Å². The SMILES string of the molecule is CCC(C)[C@@H](CC[C@@H](C)C1CCC2C3C(CC[C@@]21C)[C@@]1(C)CC[C@H](NCCCNCCCCNCCCN)C[C@@H]1C[C@H]3O)OS(=O)(=O)O. The fourth-order valence-electron chi connectivity index (χ4n) is 11.4. The van der Waals surface area contributed by atoms with Gasteiger partial charge in [0, 0.05) is 6.04 Å². The third-order valence-corrected chi connectivity index (χ3v) is 14.8. The number of fused-ring (bicyclic) bond motifs is 5. The third kappa shape index (κ3) is 10.2. The summed E-state index contributed by atoms with van der Waals surface area (Å²) in [6, 6.07) is 0.570. The van der Waals surface area contributed by atoms with Crippen LogP contribution in [0.4, 0.5) is 0 Å². The highest BCUT2D eigenvalue weighted by Crippen LogP contribution is 2.68. The van der Waals surface area contributed by atoms with Crippen LogP contribution in [0.15, 0.2) is 0 Å². The van der Waals surface area contributed by atoms with Crippen LogP contribution in [0, 0.1) is 52.3 Å². The molecule has 0 aliphatic heterocycles. The molecule has 0 aromatic carbocycles. The number of nitrogens with two attached hydrogens (primary N) is 1. The highest BCUT2D eigenvalue weighted by molar-refractivity contribution is 7.80. The van der Waals surface area contributed by atoms with Gasteiger partial charge in [0.25, 0.3) is 0 Å². The first-order chi connectivity index (χ1) is 22.8. The van der Waals surface area contributed by atoms with Gasteiger partial charge in [0.1, 0.15) is 0 Å². The maximum atomic E-state index is 11.9. The minimum absolute atomic E-state index is 0.0646. The number of aliphatic hydroxyl groups excluding tert-OH is 1. The molecular weight excluding hydrogens is 625 g/mol. The Morgan fingerprint density at radius 1 is 0.854 bits per heavy atom. The molecule has 4 rings (SSSR count). The van der Waals surface area contributed by atoms with Gasteiger partial charge < -0.3 is 26.8 Å². The quantitative estimate of drug-likeness (QED) is 0.0635. The van der Waals surface area contributed by atoms with Crippen molar-refractivity contribution in [3.05, 3.63) is 0 Å². The molecule has 9 nitrogen and oxygen atoms in total. The number of aliphatic hydroxyl groups is 1. The van der Waals surface area contributed by atoms with Crippen LogP contribution in [0.3, 0.4) is 0 Å². The van der Waals surface area contributed by atoms with E-state index in [9.17, 15) is 18.1 Å². The maximum Gasteiger partial charge on any atom is 0.397 e. The summed E-state index contributed by atoms with van der Waals surface area (Å²) in [6.45, 7) is 17.6. The lowest BCUT2D eigenvalue weighted by Gasteiger charge is -2.62. The zero-order valence-electron chi connectivity index (χ0n) is 31.2. The Morgan fingerprint density at radius 2 is 1.50 bits per heavy atom. The molecule has 0 saturated heterocycles. The van der Waals surface area contributed by atoms with Crippen LogP contribution in [0.1, 0.15) is 131 Å². The van der Waals surface area contributed by atoms with E-state index in [2.05, 4.69) is 36.7 Å². The summed E-state index contributed by atoms with van der Waals surface area (Å²) in [5.41, 5.74) is 6.08. The van der Waals surface area contributed by atoms with Crippen molar-refractivity contribution in [1.29, 1.82) is 0 Å². The molecule has 282 valence electrons. The van der Waals surface area contributed by atoms with Gasteiger partial charge >= 0.3 is 10.4 Å². The van der Waals surface area contributed by atoms with Crippen molar-refractivity contribution in [2.24, 2.45) is 58.0 Å². The Hall–Kier alpha value is -0.330. The molecule has 0 aromatic heterocycles. The van der Waals surface area contributed by atoms with Crippen LogP contribution in [-0.2, 0) is 14.6 Å². The Balaban J connectivity index is 1.23. The first-order valence-corrected chi connectivity index (χ1v) is 21.4. The molecule has 5 unspecified atom stereocenters. The third-order valence-electron chi connectivity index (χ3n) is 14.4. The summed E-state index contributed by atoms with van der Waals surface area (Å²) in [5.74, 6) is 3.25. The molecule has 7 N–H and O–H groups in total. The number of unbranched alkanes of at least 4 members (excludes halogenated alkanes) is 1. The van der Waals surface area contributed by atoms with Gasteiger partial charge in [-0.1, -0.05) is 41.0 Å². The van der Waals surface area contributed by atoms with Crippen molar-refractivity contribution in [3.63, 3.8) is 0 Å². The van der Waals surface area contributed by atoms with Gasteiger partial charge in [0.2, 0.25) is 0 Å². The van der Waals surface area contributed by atoms with Crippen LogP contribution in [0.5, 0.6) is 0 Å². The van der Waals surface area contributed by atoms with Gasteiger partial charge in [-0.2, -0.15) is 8.42 Å². The highest BCUT2D eigenvalue weighted by atomic mass is 32.3. The fraction of sp³-hybridized carbons (Fsp3) is 1.00. The molecule has 48 heavy (non-hydrogen) atoms. The van der Waals surface area contributed by atoms with Gasteiger partial charge in [-0.05, 0) is 181 Å². The van der Waals surface area contributed by atoms with Crippen molar-refractivity contribution < 1.29 is 22.3 Å². The number of hydrogen-bond acceptors (Lipinski definition) is 8. The van der Waals surface area contributed by atoms with Crippen molar-refractivity contribution in [2.45, 2.75) is 149 Å². The van der Waals surface area contributed by atoms with Crippen LogP contribution in [0.25, 0.3) is 0 Å². The molecule has 0 bridgehead atoms. The van der Waals surface area contributed by atoms with E-state index in [1.165, 1.54) is 57.8 Å². The van der Waals surface area contributed by atoms with Gasteiger partial charge in [-0.15, -0.1) is 0 Å². The number of hydrogen-bond donors (Lipinski definition) is 6. The first-order valence-electron chi connectivity index (χ1n) is 20.0. The van der Waals surface area contributed by atoms with E-state index in [-0.39, 0.29) is 17.4 Å². The smallest absolute Gasteiger partial charge is 0.393 e. The zero-order valence-corrected chi connectivity index (χ0v) is 32.0. The highest BCUT2D eigenvalue weighted by Gasteiger charge is 2.62. The van der Waals surface area contributed by atoms with E-state index >= 15 is 0 Å². The number of nitrogens with one attached hydrogen (secondary N) is 3. The Labute approximate surface area is 294 Å². The van der Waals surface area contributed by atoms with E-state index in [4.69, 9.17) is 9.92 Å². The summed E-state index contributed by atoms with van der Waals surface area (Å²) in [5, 5.41) is 22.8. The van der Waals surface area contributed by atoms with Crippen LogP contribution < -0.4 is 21.7 Å². The zero-order chi connectivity index (χ0) is 35.0. The van der Waals surface area contributed by atoms with Crippen molar-refractivity contribution in [1.82, 2.24) is 16.0 Å². The fourth-order valence-corrected chi connectivity index (χ4v) is 12.0. The molecule has 10 heteroatoms. The first kappa shape index (κ1) is 40.4. The Bertz CT molecular complexity index is 1070. The molecule has 0 amide bonds. The second-order valence-electron chi connectivity index (χ2n) is 17.2. The van der Waals surface area contributed by atoms with E-state index in [1.54, 1.807) is 0 Å². The summed E-state index contributed by atoms with van der Waals surface area (Å²) in [7, 11) is -4.47. The maximum absolute atomic E-state index is 11.9. The van der Waals surface area contributed by atoms with E-state index in [0.29, 0.717) is 53.4 Å². The summed E-state index contributed by atoms with van der Waals surface area (Å²) in [6.07, 6.45) is 15.8. The molecule has 4 saturated carbocycles. The van der Waals surface area contributed by atoms with Crippen LogP contribution >= 0.6 is 0 Å². The largest absolute Gasteiger partial charge is 0.397 e. The average molecular weight is 699 g/mol. The molecular formula is C38H74N4O5S. The van der Waals surface area contributed by atoms with Crippen molar-refractivity contribution in [2.75, 3.05) is 39.3 Å². The molecule has 0 radical (unpaired) electrons. The van der Waals surface area contributed by atoms with Crippen LogP contribution in [-0.4, -0.2) is 75.6 Å². The van der Waals surface area contributed by atoms with E-state index in [1.807, 2.05) is 13.8 Å². The van der Waals surface area contributed by atoms with E-state index in [0.717, 1.165) is 71.4 Å². The molecule has 4 fully saturated rings. The summed E-state index contributed by atoms with van der Waals surface area (Å²) < 4.78 is 37.6. The van der Waals surface area contributed by atoms with Crippen LogP contribution in [0.2, 0.25) is 0 Å². The molecule has 0 spiro atoms. The average Bonchev–Trinajstić information content (AvgIpc) is 3.40. The monoisotopic (exact) mass is 699 g/mol. The Morgan fingerprint density at radius 3 is 2.17 bits per heavy atom. The molecule has 4 aliphatic rings. The Kier molecular flexibility index (Phi) is 15.5. The van der Waals surface area contributed by atoms with Gasteiger partial charge in [-0.3, -0.25) is 4.55 Å².